The Morgan fingerprint density at radius 2 is 2.26 bits per heavy atom. The highest BCUT2D eigenvalue weighted by Gasteiger charge is 2.43. The van der Waals surface area contributed by atoms with Crippen LogP contribution in [0.3, 0.4) is 0 Å². The number of amides is 1. The predicted molar refractivity (Wildman–Crippen MR) is 102 cm³/mol. The van der Waals surface area contributed by atoms with E-state index in [0.29, 0.717) is 11.1 Å². The zero-order chi connectivity index (χ0) is 15.4. The van der Waals surface area contributed by atoms with Gasteiger partial charge in [-0.2, -0.15) is 0 Å². The number of carbonyl (C=O) groups excluding carboxylic acids is 1. The molecule has 7 heteroatoms. The normalized spacial score (nSPS) is 19.0. The summed E-state index contributed by atoms with van der Waals surface area (Å²) in [5, 5.41) is 5.97. The van der Waals surface area contributed by atoms with E-state index < -0.39 is 0 Å². The summed E-state index contributed by atoms with van der Waals surface area (Å²) in [6.07, 6.45) is 8.58. The number of hydrogen-bond donors (Lipinski definition) is 2. The summed E-state index contributed by atoms with van der Waals surface area (Å²) in [4.78, 5) is 22.5. The first-order valence-corrected chi connectivity index (χ1v) is 7.86. The maximum absolute atomic E-state index is 12.0. The van der Waals surface area contributed by atoms with Gasteiger partial charge < -0.3 is 15.5 Å². The van der Waals surface area contributed by atoms with Crippen molar-refractivity contribution in [2.75, 3.05) is 32.0 Å². The molecule has 1 saturated heterocycles. The zero-order valence-electron chi connectivity index (χ0n) is 13.4. The molecule has 1 aliphatic heterocycles. The third kappa shape index (κ3) is 4.33. The van der Waals surface area contributed by atoms with Gasteiger partial charge in [-0.25, -0.2) is 0 Å². The van der Waals surface area contributed by atoms with Gasteiger partial charge in [0.2, 0.25) is 5.91 Å². The highest BCUT2D eigenvalue weighted by Crippen LogP contribution is 2.47. The second kappa shape index (κ2) is 7.94. The number of pyridine rings is 1. The third-order valence-corrected chi connectivity index (χ3v) is 4.72. The topological polar surface area (TPSA) is 69.6 Å². The molecular weight excluding hydrogens is 405 g/mol. The summed E-state index contributed by atoms with van der Waals surface area (Å²) in [5.74, 6) is 0.733. The number of hydrogen-bond acceptors (Lipinski definition) is 3. The summed E-state index contributed by atoms with van der Waals surface area (Å²) in [5.41, 5.74) is 1.23. The van der Waals surface area contributed by atoms with Crippen molar-refractivity contribution in [3.8, 4) is 0 Å². The van der Waals surface area contributed by atoms with Crippen LogP contribution in [0, 0.1) is 5.41 Å². The van der Waals surface area contributed by atoms with E-state index in [-0.39, 0.29) is 36.4 Å². The molecule has 1 spiro atoms. The molecule has 0 aromatic carbocycles. The number of aromatic nitrogens is 1. The number of halogens is 1. The van der Waals surface area contributed by atoms with Crippen LogP contribution in [-0.2, 0) is 4.79 Å². The summed E-state index contributed by atoms with van der Waals surface area (Å²) >= 11 is 0. The van der Waals surface area contributed by atoms with Crippen LogP contribution in [0.25, 0.3) is 0 Å². The Hall–Kier alpha value is -1.38. The summed E-state index contributed by atoms with van der Waals surface area (Å²) in [7, 11) is 1.77. The minimum Gasteiger partial charge on any atom is -0.347 e. The minimum absolute atomic E-state index is 0. The average molecular weight is 429 g/mol. The van der Waals surface area contributed by atoms with Crippen molar-refractivity contribution in [2.24, 2.45) is 10.4 Å². The molecule has 1 aliphatic carbocycles. The molecule has 1 amide bonds. The fourth-order valence-corrected chi connectivity index (χ4v) is 3.33. The van der Waals surface area contributed by atoms with E-state index in [4.69, 9.17) is 0 Å². The monoisotopic (exact) mass is 429 g/mol. The standard InChI is InChI=1S/C16H23N5O.HI/c1-17-15(21-9-7-16(12-21)5-3-6-16)19-11-14(22)20-13-4-2-8-18-10-13;/h2,4,8,10H,3,5-7,9,11-12H2,1H3,(H,17,19)(H,20,22);1H. The number of guanidine groups is 1. The fraction of sp³-hybridized carbons (Fsp3) is 0.562. The van der Waals surface area contributed by atoms with Crippen LogP contribution >= 0.6 is 24.0 Å². The van der Waals surface area contributed by atoms with Crippen molar-refractivity contribution in [3.63, 3.8) is 0 Å². The first-order chi connectivity index (χ1) is 10.7. The molecule has 3 rings (SSSR count). The fourth-order valence-electron chi connectivity index (χ4n) is 3.33. The number of nitrogens with one attached hydrogen (secondary N) is 2. The quantitative estimate of drug-likeness (QED) is 0.439. The molecule has 0 atom stereocenters. The second-order valence-corrected chi connectivity index (χ2v) is 6.22. The van der Waals surface area contributed by atoms with Gasteiger partial charge in [-0.1, -0.05) is 6.42 Å². The molecular formula is C16H24IN5O. The molecule has 0 bridgehead atoms. The third-order valence-electron chi connectivity index (χ3n) is 4.72. The maximum atomic E-state index is 12.0. The number of aliphatic imine (C=N–C) groups is 1. The second-order valence-electron chi connectivity index (χ2n) is 6.22. The van der Waals surface area contributed by atoms with E-state index in [0.717, 1.165) is 19.0 Å². The summed E-state index contributed by atoms with van der Waals surface area (Å²) < 4.78 is 0. The molecule has 0 unspecified atom stereocenters. The van der Waals surface area contributed by atoms with Crippen molar-refractivity contribution in [2.45, 2.75) is 25.7 Å². The number of nitrogens with zero attached hydrogens (tertiary/aromatic N) is 3. The highest BCUT2D eigenvalue weighted by atomic mass is 127. The van der Waals surface area contributed by atoms with E-state index in [2.05, 4.69) is 25.5 Å². The molecule has 1 aromatic heterocycles. The van der Waals surface area contributed by atoms with Gasteiger partial charge in [-0.05, 0) is 36.8 Å². The van der Waals surface area contributed by atoms with Gasteiger partial charge in [-0.15, -0.1) is 24.0 Å². The first kappa shape index (κ1) is 18.0. The van der Waals surface area contributed by atoms with Gasteiger partial charge in [0, 0.05) is 26.3 Å². The molecule has 2 fully saturated rings. The number of anilines is 1. The Labute approximate surface area is 154 Å². The zero-order valence-corrected chi connectivity index (χ0v) is 15.7. The van der Waals surface area contributed by atoms with E-state index in [1.165, 1.54) is 25.7 Å². The lowest BCUT2D eigenvalue weighted by molar-refractivity contribution is -0.115. The number of carbonyl (C=O) groups is 1. The SMILES string of the molecule is CN=C(NCC(=O)Nc1cccnc1)N1CCC2(CCC2)C1.I. The predicted octanol–water partition coefficient (Wildman–Crippen LogP) is 2.09. The van der Waals surface area contributed by atoms with Crippen molar-refractivity contribution in [1.82, 2.24) is 15.2 Å². The molecule has 126 valence electrons. The van der Waals surface area contributed by atoms with Crippen LogP contribution in [-0.4, -0.2) is 48.4 Å². The van der Waals surface area contributed by atoms with E-state index in [1.807, 2.05) is 6.07 Å². The molecule has 0 radical (unpaired) electrons. The Kier molecular flexibility index (Phi) is 6.20. The summed E-state index contributed by atoms with van der Waals surface area (Å²) in [6.45, 7) is 2.31. The number of likely N-dealkylation sites (tertiary alicyclic amines) is 1. The van der Waals surface area contributed by atoms with Crippen molar-refractivity contribution in [3.05, 3.63) is 24.5 Å². The van der Waals surface area contributed by atoms with Crippen molar-refractivity contribution < 1.29 is 4.79 Å². The molecule has 6 nitrogen and oxygen atoms in total. The summed E-state index contributed by atoms with van der Waals surface area (Å²) in [6, 6.07) is 3.62. The van der Waals surface area contributed by atoms with Gasteiger partial charge in [-0.3, -0.25) is 14.8 Å². The molecule has 23 heavy (non-hydrogen) atoms. The van der Waals surface area contributed by atoms with E-state index >= 15 is 0 Å². The molecule has 2 N–H and O–H groups in total. The van der Waals surface area contributed by atoms with Crippen LogP contribution in [0.15, 0.2) is 29.5 Å². The van der Waals surface area contributed by atoms with Gasteiger partial charge in [0.15, 0.2) is 5.96 Å². The van der Waals surface area contributed by atoms with Gasteiger partial charge in [0.25, 0.3) is 0 Å². The van der Waals surface area contributed by atoms with Crippen LogP contribution < -0.4 is 10.6 Å². The Balaban J connectivity index is 0.00000192. The minimum atomic E-state index is -0.0910. The molecule has 1 saturated carbocycles. The largest absolute Gasteiger partial charge is 0.347 e. The highest BCUT2D eigenvalue weighted by molar-refractivity contribution is 14.0. The van der Waals surface area contributed by atoms with Crippen LogP contribution in [0.5, 0.6) is 0 Å². The van der Waals surface area contributed by atoms with Crippen molar-refractivity contribution in [1.29, 1.82) is 0 Å². The van der Waals surface area contributed by atoms with Crippen molar-refractivity contribution >= 4 is 41.5 Å². The molecule has 1 aromatic rings. The Bertz CT molecular complexity index is 559. The number of rotatable bonds is 3. The van der Waals surface area contributed by atoms with E-state index in [9.17, 15) is 4.79 Å². The lowest BCUT2D eigenvalue weighted by Gasteiger charge is -2.38. The van der Waals surface area contributed by atoms with Crippen LogP contribution in [0.1, 0.15) is 25.7 Å². The van der Waals surface area contributed by atoms with Crippen LogP contribution in [0.2, 0.25) is 0 Å². The average Bonchev–Trinajstić information content (AvgIpc) is 2.95. The first-order valence-electron chi connectivity index (χ1n) is 7.86. The van der Waals surface area contributed by atoms with Gasteiger partial charge in [0.1, 0.15) is 0 Å². The van der Waals surface area contributed by atoms with Gasteiger partial charge in [0.05, 0.1) is 18.4 Å². The lowest BCUT2D eigenvalue weighted by Crippen LogP contribution is -2.44. The van der Waals surface area contributed by atoms with Gasteiger partial charge >= 0.3 is 0 Å². The molecule has 2 heterocycles. The smallest absolute Gasteiger partial charge is 0.243 e. The Morgan fingerprint density at radius 3 is 2.83 bits per heavy atom. The lowest BCUT2D eigenvalue weighted by atomic mass is 9.68. The Morgan fingerprint density at radius 1 is 1.43 bits per heavy atom. The maximum Gasteiger partial charge on any atom is 0.243 e. The molecule has 2 aliphatic rings. The van der Waals surface area contributed by atoms with E-state index in [1.54, 1.807) is 25.5 Å². The van der Waals surface area contributed by atoms with Crippen LogP contribution in [0.4, 0.5) is 5.69 Å².